The van der Waals surface area contributed by atoms with Gasteiger partial charge in [0.15, 0.2) is 0 Å². The lowest BCUT2D eigenvalue weighted by molar-refractivity contribution is -0.0110. The average Bonchev–Trinajstić information content (AvgIpc) is 3.05. The van der Waals surface area contributed by atoms with E-state index in [-0.39, 0.29) is 0 Å². The van der Waals surface area contributed by atoms with Crippen LogP contribution in [0.5, 0.6) is 5.75 Å². The van der Waals surface area contributed by atoms with Crippen molar-refractivity contribution in [1.29, 1.82) is 0 Å². The lowest BCUT2D eigenvalue weighted by atomic mass is 9.72. The van der Waals surface area contributed by atoms with E-state index in [0.29, 0.717) is 11.3 Å². The fourth-order valence-electron chi connectivity index (χ4n) is 5.62. The smallest absolute Gasteiger partial charge is 0.119 e. The van der Waals surface area contributed by atoms with Crippen LogP contribution in [0.15, 0.2) is 30.3 Å². The van der Waals surface area contributed by atoms with Crippen molar-refractivity contribution in [3.05, 3.63) is 30.3 Å². The molecule has 4 heteroatoms. The van der Waals surface area contributed by atoms with Gasteiger partial charge in [0.25, 0.3) is 0 Å². The number of hydrogen-bond donors (Lipinski definition) is 0. The van der Waals surface area contributed by atoms with Gasteiger partial charge in [0.2, 0.25) is 0 Å². The molecule has 3 fully saturated rings. The molecule has 1 spiro atoms. The summed E-state index contributed by atoms with van der Waals surface area (Å²) in [5.74, 6) is 2.39. The molecule has 4 nitrogen and oxygen atoms in total. The molecule has 1 aromatic rings. The summed E-state index contributed by atoms with van der Waals surface area (Å²) in [6, 6.07) is 11.1. The van der Waals surface area contributed by atoms with Gasteiger partial charge in [-0.3, -0.25) is 4.90 Å². The number of ether oxygens (including phenoxy) is 2. The average molecular weight is 387 g/mol. The van der Waals surface area contributed by atoms with Crippen LogP contribution in [0.3, 0.4) is 0 Å². The van der Waals surface area contributed by atoms with Crippen LogP contribution < -0.4 is 4.74 Å². The van der Waals surface area contributed by atoms with Crippen LogP contribution in [0.1, 0.15) is 39.5 Å². The molecule has 0 radical (unpaired) electrons. The molecule has 3 aliphatic heterocycles. The Labute approximate surface area is 171 Å². The van der Waals surface area contributed by atoms with Gasteiger partial charge in [-0.05, 0) is 62.2 Å². The number of benzene rings is 1. The molecule has 1 atom stereocenters. The predicted molar refractivity (Wildman–Crippen MR) is 114 cm³/mol. The van der Waals surface area contributed by atoms with Gasteiger partial charge in [0.05, 0.1) is 6.61 Å². The van der Waals surface area contributed by atoms with E-state index in [4.69, 9.17) is 9.47 Å². The van der Waals surface area contributed by atoms with E-state index in [9.17, 15) is 0 Å². The van der Waals surface area contributed by atoms with Crippen molar-refractivity contribution in [3.8, 4) is 5.75 Å². The molecule has 3 saturated heterocycles. The maximum Gasteiger partial charge on any atom is 0.119 e. The second kappa shape index (κ2) is 9.15. The molecule has 0 aromatic heterocycles. The summed E-state index contributed by atoms with van der Waals surface area (Å²) in [4.78, 5) is 5.48. The van der Waals surface area contributed by atoms with Crippen LogP contribution >= 0.6 is 0 Å². The molecule has 28 heavy (non-hydrogen) atoms. The number of para-hydroxylation sites is 1. The zero-order valence-corrected chi connectivity index (χ0v) is 17.8. The zero-order chi connectivity index (χ0) is 19.4. The fraction of sp³-hybridized carbons (Fsp3) is 0.750. The molecule has 156 valence electrons. The van der Waals surface area contributed by atoms with Gasteiger partial charge in [0.1, 0.15) is 5.75 Å². The molecule has 1 aromatic carbocycles. The van der Waals surface area contributed by atoms with Gasteiger partial charge in [-0.1, -0.05) is 32.0 Å². The molecule has 3 heterocycles. The third kappa shape index (κ3) is 4.72. The number of piperidine rings is 1. The number of rotatable bonds is 6. The summed E-state index contributed by atoms with van der Waals surface area (Å²) < 4.78 is 12.0. The van der Waals surface area contributed by atoms with Crippen molar-refractivity contribution in [3.63, 3.8) is 0 Å². The second-order valence-corrected chi connectivity index (χ2v) is 9.65. The van der Waals surface area contributed by atoms with E-state index < -0.39 is 0 Å². The number of nitrogens with zero attached hydrogens (tertiary/aromatic N) is 2. The van der Waals surface area contributed by atoms with Gasteiger partial charge < -0.3 is 14.4 Å². The first kappa shape index (κ1) is 20.2. The van der Waals surface area contributed by atoms with Crippen molar-refractivity contribution in [1.82, 2.24) is 9.80 Å². The number of hydrogen-bond acceptors (Lipinski definition) is 4. The lowest BCUT2D eigenvalue weighted by Crippen LogP contribution is -2.45. The Morgan fingerprint density at radius 2 is 1.82 bits per heavy atom. The summed E-state index contributed by atoms with van der Waals surface area (Å²) >= 11 is 0. The fourth-order valence-corrected chi connectivity index (χ4v) is 5.62. The maximum atomic E-state index is 6.24. The van der Waals surface area contributed by atoms with Crippen molar-refractivity contribution >= 4 is 0 Å². The number of likely N-dealkylation sites (tertiary alicyclic amines) is 2. The molecule has 0 aliphatic carbocycles. The monoisotopic (exact) mass is 386 g/mol. The summed E-state index contributed by atoms with van der Waals surface area (Å²) in [6.07, 6.45) is 5.04. The van der Waals surface area contributed by atoms with Crippen LogP contribution in [0.25, 0.3) is 0 Å². The minimum absolute atomic E-state index is 0.391. The molecule has 4 rings (SSSR count). The van der Waals surface area contributed by atoms with E-state index in [1.54, 1.807) is 0 Å². The standard InChI is InChI=1S/C24H38N2O2/c1-20(2)16-25-12-8-22(9-13-25)26-17-21(18-28-23-6-4-3-5-7-23)24(19-26)10-14-27-15-11-24/h3-7,20-22H,8-19H2,1-2H3. The Morgan fingerprint density at radius 1 is 1.11 bits per heavy atom. The van der Waals surface area contributed by atoms with Crippen molar-refractivity contribution in [2.45, 2.75) is 45.6 Å². The highest BCUT2D eigenvalue weighted by molar-refractivity contribution is 5.21. The quantitative estimate of drug-likeness (QED) is 0.740. The summed E-state index contributed by atoms with van der Waals surface area (Å²) in [7, 11) is 0. The van der Waals surface area contributed by atoms with E-state index in [2.05, 4.69) is 54.0 Å². The molecule has 3 aliphatic rings. The Bertz CT molecular complexity index is 592. The highest BCUT2D eigenvalue weighted by Gasteiger charge is 2.49. The Balaban J connectivity index is 1.37. The SMILES string of the molecule is CC(C)CN1CCC(N2CC(COc3ccccc3)C3(CCOCC3)C2)CC1. The summed E-state index contributed by atoms with van der Waals surface area (Å²) in [6.45, 7) is 13.6. The van der Waals surface area contributed by atoms with E-state index in [1.165, 1.54) is 58.4 Å². The van der Waals surface area contributed by atoms with Crippen LogP contribution in [0, 0.1) is 17.3 Å². The zero-order valence-electron chi connectivity index (χ0n) is 17.8. The van der Waals surface area contributed by atoms with Crippen molar-refractivity contribution < 1.29 is 9.47 Å². The second-order valence-electron chi connectivity index (χ2n) is 9.65. The van der Waals surface area contributed by atoms with Crippen LogP contribution in [-0.4, -0.2) is 68.4 Å². The van der Waals surface area contributed by atoms with Crippen molar-refractivity contribution in [2.24, 2.45) is 17.3 Å². The third-order valence-corrected chi connectivity index (χ3v) is 7.22. The van der Waals surface area contributed by atoms with Gasteiger partial charge in [-0.25, -0.2) is 0 Å². The molecule has 0 saturated carbocycles. The lowest BCUT2D eigenvalue weighted by Gasteiger charge is -2.40. The van der Waals surface area contributed by atoms with Crippen LogP contribution in [0.2, 0.25) is 0 Å². The Kier molecular flexibility index (Phi) is 6.59. The summed E-state index contributed by atoms with van der Waals surface area (Å²) in [5.41, 5.74) is 0.391. The van der Waals surface area contributed by atoms with E-state index in [0.717, 1.165) is 37.5 Å². The first-order valence-electron chi connectivity index (χ1n) is 11.4. The molecule has 0 amide bonds. The minimum atomic E-state index is 0.391. The van der Waals surface area contributed by atoms with Crippen LogP contribution in [-0.2, 0) is 4.74 Å². The highest BCUT2D eigenvalue weighted by Crippen LogP contribution is 2.45. The van der Waals surface area contributed by atoms with E-state index >= 15 is 0 Å². The highest BCUT2D eigenvalue weighted by atomic mass is 16.5. The molecular formula is C24H38N2O2. The molecule has 0 bridgehead atoms. The first-order valence-corrected chi connectivity index (χ1v) is 11.4. The van der Waals surface area contributed by atoms with Gasteiger partial charge >= 0.3 is 0 Å². The minimum Gasteiger partial charge on any atom is -0.493 e. The van der Waals surface area contributed by atoms with Gasteiger partial charge in [-0.15, -0.1) is 0 Å². The molecule has 1 unspecified atom stereocenters. The molecule has 0 N–H and O–H groups in total. The van der Waals surface area contributed by atoms with Gasteiger partial charge in [0, 0.05) is 44.8 Å². The van der Waals surface area contributed by atoms with Gasteiger partial charge in [-0.2, -0.15) is 0 Å². The summed E-state index contributed by atoms with van der Waals surface area (Å²) in [5, 5.41) is 0. The predicted octanol–water partition coefficient (Wildman–Crippen LogP) is 3.91. The topological polar surface area (TPSA) is 24.9 Å². The maximum absolute atomic E-state index is 6.24. The Morgan fingerprint density at radius 3 is 2.50 bits per heavy atom. The van der Waals surface area contributed by atoms with Crippen LogP contribution in [0.4, 0.5) is 0 Å². The van der Waals surface area contributed by atoms with E-state index in [1.807, 2.05) is 0 Å². The first-order chi connectivity index (χ1) is 13.6. The molecular weight excluding hydrogens is 348 g/mol. The third-order valence-electron chi connectivity index (χ3n) is 7.22. The normalized spacial score (nSPS) is 26.9. The Hall–Kier alpha value is -1.10. The van der Waals surface area contributed by atoms with Crippen molar-refractivity contribution in [2.75, 3.05) is 52.5 Å². The largest absolute Gasteiger partial charge is 0.493 e.